The van der Waals surface area contributed by atoms with E-state index in [1.807, 2.05) is 30.0 Å². The zero-order valence-corrected chi connectivity index (χ0v) is 8.55. The van der Waals surface area contributed by atoms with Crippen LogP contribution in [-0.4, -0.2) is 10.9 Å². The predicted octanol–water partition coefficient (Wildman–Crippen LogP) is 2.92. The largest absolute Gasteiger partial charge is 0.388 e. The second-order valence-electron chi connectivity index (χ2n) is 3.45. The van der Waals surface area contributed by atoms with Crippen molar-refractivity contribution in [1.82, 2.24) is 0 Å². The van der Waals surface area contributed by atoms with Crippen LogP contribution in [0.15, 0.2) is 24.3 Å². The van der Waals surface area contributed by atoms with Crippen LogP contribution in [-0.2, 0) is 0 Å². The van der Waals surface area contributed by atoms with E-state index >= 15 is 0 Å². The number of benzene rings is 1. The van der Waals surface area contributed by atoms with Crippen LogP contribution < -0.4 is 0 Å². The van der Waals surface area contributed by atoms with Crippen molar-refractivity contribution in [3.63, 3.8) is 0 Å². The van der Waals surface area contributed by atoms with E-state index in [2.05, 4.69) is 13.0 Å². The number of hydrogen-bond acceptors (Lipinski definition) is 2. The van der Waals surface area contributed by atoms with Gasteiger partial charge in [-0.2, -0.15) is 11.8 Å². The van der Waals surface area contributed by atoms with Crippen molar-refractivity contribution in [3.8, 4) is 0 Å². The summed E-state index contributed by atoms with van der Waals surface area (Å²) in [4.78, 5) is 0. The highest BCUT2D eigenvalue weighted by Gasteiger charge is 2.20. The van der Waals surface area contributed by atoms with Gasteiger partial charge in [0.2, 0.25) is 0 Å². The molecule has 1 N–H and O–H groups in total. The topological polar surface area (TPSA) is 20.2 Å². The Kier molecular flexibility index (Phi) is 2.61. The van der Waals surface area contributed by atoms with E-state index < -0.39 is 0 Å². The molecule has 2 heteroatoms. The number of hydrogen-bond donors (Lipinski definition) is 1. The Morgan fingerprint density at radius 1 is 1.31 bits per heavy atom. The van der Waals surface area contributed by atoms with Gasteiger partial charge in [0.15, 0.2) is 0 Å². The SMILES string of the molecule is CC1SCCC(O)c2ccccc21. The molecule has 1 aromatic rings. The molecule has 1 aromatic carbocycles. The molecule has 0 spiro atoms. The molecule has 1 nitrogen and oxygen atoms in total. The van der Waals surface area contributed by atoms with Crippen molar-refractivity contribution in [1.29, 1.82) is 0 Å². The van der Waals surface area contributed by atoms with Crippen molar-refractivity contribution in [2.24, 2.45) is 0 Å². The van der Waals surface area contributed by atoms with E-state index in [9.17, 15) is 5.11 Å². The van der Waals surface area contributed by atoms with E-state index in [1.165, 1.54) is 5.56 Å². The lowest BCUT2D eigenvalue weighted by Crippen LogP contribution is -1.99. The lowest BCUT2D eigenvalue weighted by Gasteiger charge is -2.13. The molecule has 0 fully saturated rings. The molecule has 0 aliphatic carbocycles. The molecule has 0 radical (unpaired) electrons. The average molecular weight is 194 g/mol. The third-order valence-electron chi connectivity index (χ3n) is 2.55. The van der Waals surface area contributed by atoms with Crippen LogP contribution >= 0.6 is 11.8 Å². The van der Waals surface area contributed by atoms with Gasteiger partial charge in [0.1, 0.15) is 0 Å². The maximum absolute atomic E-state index is 9.85. The highest BCUT2D eigenvalue weighted by molar-refractivity contribution is 7.99. The molecular formula is C11H14OS. The number of rotatable bonds is 0. The normalized spacial score (nSPS) is 27.8. The van der Waals surface area contributed by atoms with Crippen LogP contribution in [0, 0.1) is 0 Å². The molecule has 1 aliphatic heterocycles. The minimum absolute atomic E-state index is 0.256. The number of fused-ring (bicyclic) bond motifs is 1. The van der Waals surface area contributed by atoms with Crippen molar-refractivity contribution in [2.45, 2.75) is 24.7 Å². The van der Waals surface area contributed by atoms with E-state index in [4.69, 9.17) is 0 Å². The van der Waals surface area contributed by atoms with Crippen molar-refractivity contribution in [2.75, 3.05) is 5.75 Å². The van der Waals surface area contributed by atoms with Gasteiger partial charge in [0.05, 0.1) is 6.10 Å². The van der Waals surface area contributed by atoms with Crippen LogP contribution in [0.3, 0.4) is 0 Å². The molecule has 2 rings (SSSR count). The second kappa shape index (κ2) is 3.72. The van der Waals surface area contributed by atoms with Gasteiger partial charge in [-0.1, -0.05) is 24.3 Å². The van der Waals surface area contributed by atoms with Gasteiger partial charge in [-0.25, -0.2) is 0 Å². The zero-order chi connectivity index (χ0) is 9.26. The molecule has 0 aromatic heterocycles. The van der Waals surface area contributed by atoms with Gasteiger partial charge < -0.3 is 5.11 Å². The maximum Gasteiger partial charge on any atom is 0.0801 e. The fraction of sp³-hybridized carbons (Fsp3) is 0.455. The summed E-state index contributed by atoms with van der Waals surface area (Å²) in [6, 6.07) is 8.22. The number of aliphatic hydroxyl groups is 1. The predicted molar refractivity (Wildman–Crippen MR) is 56.9 cm³/mol. The van der Waals surface area contributed by atoms with Crippen molar-refractivity contribution >= 4 is 11.8 Å². The van der Waals surface area contributed by atoms with Gasteiger partial charge in [-0.05, 0) is 30.2 Å². The Labute approximate surface area is 83.2 Å². The Morgan fingerprint density at radius 3 is 2.77 bits per heavy atom. The Morgan fingerprint density at radius 2 is 2.00 bits per heavy atom. The highest BCUT2D eigenvalue weighted by atomic mass is 32.2. The molecule has 0 saturated carbocycles. The van der Waals surface area contributed by atoms with E-state index in [1.54, 1.807) is 0 Å². The first-order valence-corrected chi connectivity index (χ1v) is 5.72. The van der Waals surface area contributed by atoms with Crippen LogP contribution in [0.1, 0.15) is 35.8 Å². The first-order chi connectivity index (χ1) is 6.29. The summed E-state index contributed by atoms with van der Waals surface area (Å²) < 4.78 is 0. The van der Waals surface area contributed by atoms with Gasteiger partial charge in [0, 0.05) is 5.25 Å². The van der Waals surface area contributed by atoms with Gasteiger partial charge in [-0.3, -0.25) is 0 Å². The minimum atomic E-state index is -0.256. The fourth-order valence-electron chi connectivity index (χ4n) is 1.79. The number of aliphatic hydroxyl groups excluding tert-OH is 1. The summed E-state index contributed by atoms with van der Waals surface area (Å²) in [5.74, 6) is 1.05. The molecule has 70 valence electrons. The summed E-state index contributed by atoms with van der Waals surface area (Å²) >= 11 is 1.93. The standard InChI is InChI=1S/C11H14OS/c1-8-9-4-2-3-5-10(9)11(12)6-7-13-8/h2-5,8,11-12H,6-7H2,1H3. The Bertz CT molecular complexity index is 269. The van der Waals surface area contributed by atoms with Crippen molar-refractivity contribution in [3.05, 3.63) is 35.4 Å². The highest BCUT2D eigenvalue weighted by Crippen LogP contribution is 2.38. The molecule has 0 saturated heterocycles. The molecule has 13 heavy (non-hydrogen) atoms. The third kappa shape index (κ3) is 1.74. The van der Waals surface area contributed by atoms with Crippen LogP contribution in [0.2, 0.25) is 0 Å². The third-order valence-corrected chi connectivity index (χ3v) is 3.78. The minimum Gasteiger partial charge on any atom is -0.388 e. The molecular weight excluding hydrogens is 180 g/mol. The summed E-state index contributed by atoms with van der Waals surface area (Å²) in [6.07, 6.45) is 0.625. The van der Waals surface area contributed by atoms with Crippen LogP contribution in [0.4, 0.5) is 0 Å². The van der Waals surface area contributed by atoms with Gasteiger partial charge >= 0.3 is 0 Å². The van der Waals surface area contributed by atoms with Crippen LogP contribution in [0.5, 0.6) is 0 Å². The quantitative estimate of drug-likeness (QED) is 0.685. The Hall–Kier alpha value is -0.470. The molecule has 1 aliphatic rings. The van der Waals surface area contributed by atoms with Gasteiger partial charge in [0.25, 0.3) is 0 Å². The van der Waals surface area contributed by atoms with E-state index in [0.29, 0.717) is 5.25 Å². The lowest BCUT2D eigenvalue weighted by atomic mass is 9.99. The smallest absolute Gasteiger partial charge is 0.0801 e. The first kappa shape index (κ1) is 9.10. The second-order valence-corrected chi connectivity index (χ2v) is 4.90. The zero-order valence-electron chi connectivity index (χ0n) is 7.73. The fourth-order valence-corrected chi connectivity index (χ4v) is 2.89. The summed E-state index contributed by atoms with van der Waals surface area (Å²) in [5, 5.41) is 10.4. The molecule has 0 bridgehead atoms. The van der Waals surface area contributed by atoms with Crippen LogP contribution in [0.25, 0.3) is 0 Å². The van der Waals surface area contributed by atoms with Gasteiger partial charge in [-0.15, -0.1) is 0 Å². The lowest BCUT2D eigenvalue weighted by molar-refractivity contribution is 0.175. The molecule has 2 unspecified atom stereocenters. The average Bonchev–Trinajstić information content (AvgIpc) is 2.29. The Balaban J connectivity index is 2.45. The number of thioether (sulfide) groups is 1. The van der Waals surface area contributed by atoms with E-state index in [0.717, 1.165) is 17.7 Å². The summed E-state index contributed by atoms with van der Waals surface area (Å²) in [6.45, 7) is 2.21. The maximum atomic E-state index is 9.85. The van der Waals surface area contributed by atoms with Crippen molar-refractivity contribution < 1.29 is 5.11 Å². The molecule has 1 heterocycles. The summed E-state index contributed by atoms with van der Waals surface area (Å²) in [7, 11) is 0. The molecule has 0 amide bonds. The molecule has 2 atom stereocenters. The van der Waals surface area contributed by atoms with E-state index in [-0.39, 0.29) is 6.10 Å². The summed E-state index contributed by atoms with van der Waals surface area (Å²) in [5.41, 5.74) is 2.43. The monoisotopic (exact) mass is 194 g/mol. The first-order valence-electron chi connectivity index (χ1n) is 4.67.